The molecule has 1 amide bonds. The number of nitrogens with one attached hydrogen (secondary N) is 1. The van der Waals surface area contributed by atoms with Crippen molar-refractivity contribution in [2.24, 2.45) is 5.92 Å². The molecule has 102 valence electrons. The van der Waals surface area contributed by atoms with E-state index in [0.29, 0.717) is 16.1 Å². The van der Waals surface area contributed by atoms with Gasteiger partial charge in [0, 0.05) is 11.6 Å². The van der Waals surface area contributed by atoms with Gasteiger partial charge >= 0.3 is 0 Å². The number of carbonyl (C=O) groups is 1. The molecule has 2 nitrogen and oxygen atoms in total. The van der Waals surface area contributed by atoms with E-state index in [2.05, 4.69) is 21.2 Å². The fourth-order valence-electron chi connectivity index (χ4n) is 2.36. The summed E-state index contributed by atoms with van der Waals surface area (Å²) in [6.45, 7) is 0. The second-order valence-corrected chi connectivity index (χ2v) is 5.83. The van der Waals surface area contributed by atoms with Gasteiger partial charge in [-0.05, 0) is 52.0 Å². The van der Waals surface area contributed by atoms with Crippen LogP contribution in [0, 0.1) is 11.7 Å². The van der Waals surface area contributed by atoms with E-state index < -0.39 is 0 Å². The van der Waals surface area contributed by atoms with Crippen LogP contribution in [0.1, 0.15) is 17.9 Å². The number of amides is 1. The minimum absolute atomic E-state index is 0.00244. The number of carbonyl (C=O) groups excluding carboxylic acids is 1. The first-order chi connectivity index (χ1) is 9.65. The van der Waals surface area contributed by atoms with Crippen LogP contribution in [0.4, 0.5) is 10.1 Å². The molecule has 1 N–H and O–H groups in total. The standard InChI is InChI=1S/C16H13BrFNO/c17-14-8-11(6-7-15(14)18)19-16(20)13-9-12(13)10-4-2-1-3-5-10/h1-8,12-13H,9H2,(H,19,20). The van der Waals surface area contributed by atoms with Crippen molar-refractivity contribution in [2.45, 2.75) is 12.3 Å². The van der Waals surface area contributed by atoms with Crippen molar-refractivity contribution in [2.75, 3.05) is 5.32 Å². The molecule has 2 aromatic carbocycles. The van der Waals surface area contributed by atoms with Crippen LogP contribution in [0.25, 0.3) is 0 Å². The number of halogens is 2. The summed E-state index contributed by atoms with van der Waals surface area (Å²) < 4.78 is 13.5. The Morgan fingerprint density at radius 3 is 2.65 bits per heavy atom. The molecule has 0 radical (unpaired) electrons. The van der Waals surface area contributed by atoms with Gasteiger partial charge in [0.2, 0.25) is 5.91 Å². The normalized spacial score (nSPS) is 20.5. The third-order valence-corrected chi connectivity index (χ3v) is 4.15. The lowest BCUT2D eigenvalue weighted by molar-refractivity contribution is -0.117. The topological polar surface area (TPSA) is 29.1 Å². The Bertz CT molecular complexity index is 644. The summed E-state index contributed by atoms with van der Waals surface area (Å²) in [5.74, 6) is -0.0183. The predicted octanol–water partition coefficient (Wildman–Crippen LogP) is 4.33. The molecule has 2 atom stereocenters. The minimum atomic E-state index is -0.336. The SMILES string of the molecule is O=C(Nc1ccc(F)c(Br)c1)C1CC1c1ccccc1. The van der Waals surface area contributed by atoms with E-state index in [4.69, 9.17) is 0 Å². The number of anilines is 1. The van der Waals surface area contributed by atoms with Crippen molar-refractivity contribution >= 4 is 27.5 Å². The molecule has 1 aliphatic rings. The lowest BCUT2D eigenvalue weighted by Crippen LogP contribution is -2.14. The Kier molecular flexibility index (Phi) is 3.57. The van der Waals surface area contributed by atoms with Crippen LogP contribution in [-0.2, 0) is 4.79 Å². The maximum absolute atomic E-state index is 13.1. The Hall–Kier alpha value is -1.68. The van der Waals surface area contributed by atoms with Crippen molar-refractivity contribution in [3.63, 3.8) is 0 Å². The van der Waals surface area contributed by atoms with Gasteiger partial charge < -0.3 is 5.32 Å². The van der Waals surface area contributed by atoms with E-state index in [-0.39, 0.29) is 17.6 Å². The van der Waals surface area contributed by atoms with Crippen LogP contribution in [0.3, 0.4) is 0 Å². The fraction of sp³-hybridized carbons (Fsp3) is 0.188. The Morgan fingerprint density at radius 1 is 1.20 bits per heavy atom. The Morgan fingerprint density at radius 2 is 1.95 bits per heavy atom. The molecular weight excluding hydrogens is 321 g/mol. The Labute approximate surface area is 125 Å². The molecule has 1 aliphatic carbocycles. The lowest BCUT2D eigenvalue weighted by Gasteiger charge is -2.06. The zero-order valence-corrected chi connectivity index (χ0v) is 12.2. The van der Waals surface area contributed by atoms with E-state index in [9.17, 15) is 9.18 Å². The van der Waals surface area contributed by atoms with Gasteiger partial charge in [0.05, 0.1) is 4.47 Å². The van der Waals surface area contributed by atoms with Gasteiger partial charge in [-0.25, -0.2) is 4.39 Å². The molecule has 0 aromatic heterocycles. The van der Waals surface area contributed by atoms with Crippen LogP contribution < -0.4 is 5.32 Å². The zero-order valence-electron chi connectivity index (χ0n) is 10.6. The smallest absolute Gasteiger partial charge is 0.228 e. The van der Waals surface area contributed by atoms with Crippen molar-refractivity contribution < 1.29 is 9.18 Å². The number of hydrogen-bond acceptors (Lipinski definition) is 1. The number of rotatable bonds is 3. The summed E-state index contributed by atoms with van der Waals surface area (Å²) in [5.41, 5.74) is 1.81. The highest BCUT2D eigenvalue weighted by molar-refractivity contribution is 9.10. The lowest BCUT2D eigenvalue weighted by atomic mass is 10.1. The van der Waals surface area contributed by atoms with Gasteiger partial charge in [-0.3, -0.25) is 4.79 Å². The molecule has 20 heavy (non-hydrogen) atoms. The molecule has 3 rings (SSSR count). The van der Waals surface area contributed by atoms with Crippen molar-refractivity contribution in [3.05, 3.63) is 64.4 Å². The monoisotopic (exact) mass is 333 g/mol. The highest BCUT2D eigenvalue weighted by atomic mass is 79.9. The summed E-state index contributed by atoms with van der Waals surface area (Å²) in [6.07, 6.45) is 0.873. The maximum Gasteiger partial charge on any atom is 0.228 e. The quantitative estimate of drug-likeness (QED) is 0.889. The molecule has 1 saturated carbocycles. The molecule has 0 spiro atoms. The van der Waals surface area contributed by atoms with Crippen molar-refractivity contribution in [3.8, 4) is 0 Å². The first-order valence-electron chi connectivity index (χ1n) is 6.46. The van der Waals surface area contributed by atoms with E-state index >= 15 is 0 Å². The van der Waals surface area contributed by atoms with Crippen molar-refractivity contribution in [1.82, 2.24) is 0 Å². The molecule has 0 saturated heterocycles. The van der Waals surface area contributed by atoms with E-state index in [0.717, 1.165) is 6.42 Å². The van der Waals surface area contributed by atoms with Crippen LogP contribution in [0.15, 0.2) is 53.0 Å². The van der Waals surface area contributed by atoms with Gasteiger partial charge in [0.15, 0.2) is 0 Å². The average Bonchev–Trinajstić information content (AvgIpc) is 3.24. The molecule has 2 aromatic rings. The van der Waals surface area contributed by atoms with E-state index in [1.165, 1.54) is 11.6 Å². The number of hydrogen-bond donors (Lipinski definition) is 1. The maximum atomic E-state index is 13.1. The van der Waals surface area contributed by atoms with Gasteiger partial charge in [0.25, 0.3) is 0 Å². The van der Waals surface area contributed by atoms with Gasteiger partial charge in [-0.2, -0.15) is 0 Å². The van der Waals surface area contributed by atoms with Crippen LogP contribution >= 0.6 is 15.9 Å². The highest BCUT2D eigenvalue weighted by Gasteiger charge is 2.43. The highest BCUT2D eigenvalue weighted by Crippen LogP contribution is 2.47. The third-order valence-electron chi connectivity index (χ3n) is 3.54. The van der Waals surface area contributed by atoms with Gasteiger partial charge in [-0.15, -0.1) is 0 Å². The van der Waals surface area contributed by atoms with Gasteiger partial charge in [0.1, 0.15) is 5.82 Å². The predicted molar refractivity (Wildman–Crippen MR) is 80.0 cm³/mol. The third kappa shape index (κ3) is 2.75. The first-order valence-corrected chi connectivity index (χ1v) is 7.25. The second-order valence-electron chi connectivity index (χ2n) is 4.98. The van der Waals surface area contributed by atoms with Crippen LogP contribution in [0.5, 0.6) is 0 Å². The molecule has 0 bridgehead atoms. The molecule has 1 fully saturated rings. The molecule has 0 aliphatic heterocycles. The van der Waals surface area contributed by atoms with Crippen LogP contribution in [-0.4, -0.2) is 5.91 Å². The first kappa shape index (κ1) is 13.3. The zero-order chi connectivity index (χ0) is 14.1. The summed E-state index contributed by atoms with van der Waals surface area (Å²) in [5, 5.41) is 2.84. The second kappa shape index (κ2) is 5.37. The summed E-state index contributed by atoms with van der Waals surface area (Å²) >= 11 is 3.11. The van der Waals surface area contributed by atoms with Gasteiger partial charge in [-0.1, -0.05) is 30.3 Å². The largest absolute Gasteiger partial charge is 0.326 e. The number of benzene rings is 2. The van der Waals surface area contributed by atoms with Crippen LogP contribution in [0.2, 0.25) is 0 Å². The fourth-order valence-corrected chi connectivity index (χ4v) is 2.74. The summed E-state index contributed by atoms with van der Waals surface area (Å²) in [4.78, 5) is 12.1. The molecule has 4 heteroatoms. The average molecular weight is 334 g/mol. The van der Waals surface area contributed by atoms with E-state index in [1.807, 2.05) is 30.3 Å². The van der Waals surface area contributed by atoms with E-state index in [1.54, 1.807) is 12.1 Å². The molecule has 0 heterocycles. The molecule has 2 unspecified atom stereocenters. The van der Waals surface area contributed by atoms with Crippen molar-refractivity contribution in [1.29, 1.82) is 0 Å². The summed E-state index contributed by atoms with van der Waals surface area (Å²) in [7, 11) is 0. The minimum Gasteiger partial charge on any atom is -0.326 e. The summed E-state index contributed by atoms with van der Waals surface area (Å²) in [6, 6.07) is 14.5. The molecular formula is C16H13BrFNO. The Balaban J connectivity index is 1.65.